The molecule has 1 amide bonds. The third-order valence-corrected chi connectivity index (χ3v) is 6.08. The fraction of sp³-hybridized carbons (Fsp3) is 0.333. The van der Waals surface area contributed by atoms with Gasteiger partial charge in [-0.3, -0.25) is 9.59 Å². The molecule has 34 heavy (non-hydrogen) atoms. The smallest absolute Gasteiger partial charge is 0.290 e. The molecule has 1 aliphatic heterocycles. The fourth-order valence-electron chi connectivity index (χ4n) is 4.12. The van der Waals surface area contributed by atoms with E-state index in [1.165, 1.54) is 13.2 Å². The summed E-state index contributed by atoms with van der Waals surface area (Å²) in [7, 11) is 3.08. The number of hydrogen-bond acceptors (Lipinski definition) is 6. The van der Waals surface area contributed by atoms with Crippen LogP contribution < -0.4 is 9.47 Å². The maximum Gasteiger partial charge on any atom is 0.290 e. The van der Waals surface area contributed by atoms with Gasteiger partial charge in [-0.25, -0.2) is 0 Å². The molecular formula is C27H32N2O5. The van der Waals surface area contributed by atoms with Gasteiger partial charge in [-0.05, 0) is 36.9 Å². The Morgan fingerprint density at radius 2 is 1.79 bits per heavy atom. The van der Waals surface area contributed by atoms with E-state index in [9.17, 15) is 14.7 Å². The number of ether oxygens (including phenoxy) is 2. The molecule has 0 fully saturated rings. The first-order valence-electron chi connectivity index (χ1n) is 11.4. The lowest BCUT2D eigenvalue weighted by atomic mass is 9.94. The van der Waals surface area contributed by atoms with E-state index >= 15 is 0 Å². The predicted molar refractivity (Wildman–Crippen MR) is 132 cm³/mol. The Balaban J connectivity index is 2.03. The van der Waals surface area contributed by atoms with Crippen molar-refractivity contribution in [3.05, 3.63) is 77.1 Å². The van der Waals surface area contributed by atoms with Crippen molar-refractivity contribution < 1.29 is 24.2 Å². The van der Waals surface area contributed by atoms with E-state index in [2.05, 4.69) is 18.7 Å². The molecule has 0 bridgehead atoms. The molecule has 3 rings (SSSR count). The number of aliphatic hydroxyl groups excluding tert-OH is 1. The Morgan fingerprint density at radius 3 is 2.41 bits per heavy atom. The number of ketones is 1. The maximum absolute atomic E-state index is 13.3. The van der Waals surface area contributed by atoms with Crippen molar-refractivity contribution in [3.8, 4) is 11.5 Å². The summed E-state index contributed by atoms with van der Waals surface area (Å²) < 4.78 is 10.9. The molecule has 0 aromatic heterocycles. The highest BCUT2D eigenvalue weighted by atomic mass is 16.5. The van der Waals surface area contributed by atoms with Gasteiger partial charge < -0.3 is 24.4 Å². The molecular weight excluding hydrogens is 432 g/mol. The van der Waals surface area contributed by atoms with E-state index in [1.807, 2.05) is 30.3 Å². The molecule has 7 nitrogen and oxygen atoms in total. The van der Waals surface area contributed by atoms with Gasteiger partial charge in [0, 0.05) is 24.7 Å². The normalized spacial score (nSPS) is 16.1. The number of rotatable bonds is 11. The summed E-state index contributed by atoms with van der Waals surface area (Å²) in [6.45, 7) is 6.74. The first-order chi connectivity index (χ1) is 16.4. The lowest BCUT2D eigenvalue weighted by Crippen LogP contribution is -2.38. The summed E-state index contributed by atoms with van der Waals surface area (Å²) in [5, 5.41) is 10.8. The second-order valence-electron chi connectivity index (χ2n) is 7.91. The van der Waals surface area contributed by atoms with Gasteiger partial charge in [0.1, 0.15) is 11.5 Å². The van der Waals surface area contributed by atoms with Crippen LogP contribution in [-0.2, 0) is 9.59 Å². The van der Waals surface area contributed by atoms with E-state index in [4.69, 9.17) is 9.47 Å². The summed E-state index contributed by atoms with van der Waals surface area (Å²) in [5.74, 6) is -0.457. The van der Waals surface area contributed by atoms with Gasteiger partial charge in [-0.2, -0.15) is 0 Å². The summed E-state index contributed by atoms with van der Waals surface area (Å²) >= 11 is 0. The molecule has 0 aliphatic carbocycles. The van der Waals surface area contributed by atoms with Crippen LogP contribution >= 0.6 is 0 Å². The van der Waals surface area contributed by atoms with E-state index in [0.29, 0.717) is 30.2 Å². The van der Waals surface area contributed by atoms with E-state index in [-0.39, 0.29) is 5.57 Å². The Morgan fingerprint density at radius 1 is 1.09 bits per heavy atom. The standard InChI is InChI=1S/C27H32N2O5/c1-5-28(6-2)16-17-29-25(21-14-13-20(33-3)18-23(21)34-4)24(26(31)27(29)32)22(30)15-12-19-10-8-7-9-11-19/h7-15,18,25,31H,5-6,16-17H2,1-4H3. The highest BCUT2D eigenvalue weighted by Crippen LogP contribution is 2.42. The number of benzene rings is 2. The Bertz CT molecular complexity index is 1070. The van der Waals surface area contributed by atoms with Crippen LogP contribution in [0.25, 0.3) is 6.08 Å². The topological polar surface area (TPSA) is 79.3 Å². The molecule has 1 aliphatic rings. The first-order valence-corrected chi connectivity index (χ1v) is 11.4. The van der Waals surface area contributed by atoms with Crippen molar-refractivity contribution in [2.75, 3.05) is 40.4 Å². The highest BCUT2D eigenvalue weighted by molar-refractivity contribution is 6.14. The Labute approximate surface area is 200 Å². The molecule has 2 aromatic carbocycles. The van der Waals surface area contributed by atoms with Crippen molar-refractivity contribution in [1.82, 2.24) is 9.80 Å². The van der Waals surface area contributed by atoms with E-state index in [0.717, 1.165) is 18.7 Å². The zero-order valence-corrected chi connectivity index (χ0v) is 20.2. The van der Waals surface area contributed by atoms with Crippen LogP contribution in [0, 0.1) is 0 Å². The van der Waals surface area contributed by atoms with Crippen LogP contribution in [0.15, 0.2) is 65.9 Å². The summed E-state index contributed by atoms with van der Waals surface area (Å²) in [5.41, 5.74) is 1.49. The molecule has 1 unspecified atom stereocenters. The number of methoxy groups -OCH3 is 2. The number of hydrogen-bond donors (Lipinski definition) is 1. The molecule has 0 saturated heterocycles. The summed E-state index contributed by atoms with van der Waals surface area (Å²) in [6, 6.07) is 13.8. The number of carbonyl (C=O) groups is 2. The van der Waals surface area contributed by atoms with Crippen LogP contribution in [0.1, 0.15) is 31.0 Å². The second-order valence-corrected chi connectivity index (χ2v) is 7.91. The molecule has 1 atom stereocenters. The summed E-state index contributed by atoms with van der Waals surface area (Å²) in [6.07, 6.45) is 3.07. The monoisotopic (exact) mass is 464 g/mol. The van der Waals surface area contributed by atoms with Crippen molar-refractivity contribution in [3.63, 3.8) is 0 Å². The fourth-order valence-corrected chi connectivity index (χ4v) is 4.12. The molecule has 0 saturated carbocycles. The van der Waals surface area contributed by atoms with Gasteiger partial charge >= 0.3 is 0 Å². The Hall–Kier alpha value is -3.58. The van der Waals surface area contributed by atoms with Gasteiger partial charge in [-0.1, -0.05) is 50.3 Å². The average Bonchev–Trinajstić information content (AvgIpc) is 3.13. The lowest BCUT2D eigenvalue weighted by molar-refractivity contribution is -0.129. The number of allylic oxidation sites excluding steroid dienone is 1. The largest absolute Gasteiger partial charge is 0.503 e. The van der Waals surface area contributed by atoms with Crippen LogP contribution in [0.4, 0.5) is 0 Å². The van der Waals surface area contributed by atoms with Crippen molar-refractivity contribution >= 4 is 17.8 Å². The van der Waals surface area contributed by atoms with Gasteiger partial charge in [0.25, 0.3) is 5.91 Å². The van der Waals surface area contributed by atoms with Crippen molar-refractivity contribution in [1.29, 1.82) is 0 Å². The average molecular weight is 465 g/mol. The molecule has 0 spiro atoms. The van der Waals surface area contributed by atoms with Gasteiger partial charge in [0.2, 0.25) is 0 Å². The third-order valence-electron chi connectivity index (χ3n) is 6.08. The zero-order valence-electron chi connectivity index (χ0n) is 20.2. The number of likely N-dealkylation sites (N-methyl/N-ethyl adjacent to an activating group) is 1. The first kappa shape index (κ1) is 25.1. The number of aliphatic hydroxyl groups is 1. The van der Waals surface area contributed by atoms with Crippen LogP contribution in [-0.4, -0.2) is 67.0 Å². The molecule has 7 heteroatoms. The van der Waals surface area contributed by atoms with E-state index in [1.54, 1.807) is 36.3 Å². The minimum atomic E-state index is -0.781. The minimum absolute atomic E-state index is 0.0418. The van der Waals surface area contributed by atoms with Crippen LogP contribution in [0.2, 0.25) is 0 Å². The lowest BCUT2D eigenvalue weighted by Gasteiger charge is -2.30. The van der Waals surface area contributed by atoms with E-state index < -0.39 is 23.5 Å². The van der Waals surface area contributed by atoms with Gasteiger partial charge in [0.15, 0.2) is 11.5 Å². The van der Waals surface area contributed by atoms with Crippen LogP contribution in [0.3, 0.4) is 0 Å². The summed E-state index contributed by atoms with van der Waals surface area (Å²) in [4.78, 5) is 30.2. The molecule has 1 heterocycles. The zero-order chi connectivity index (χ0) is 24.7. The number of amides is 1. The molecule has 0 radical (unpaired) electrons. The Kier molecular flexibility index (Phi) is 8.49. The highest BCUT2D eigenvalue weighted by Gasteiger charge is 2.44. The predicted octanol–water partition coefficient (Wildman–Crippen LogP) is 4.02. The SMILES string of the molecule is CCN(CC)CCN1C(=O)C(O)=C(C(=O)C=Cc2ccccc2)C1c1ccc(OC)cc1OC. The van der Waals surface area contributed by atoms with Gasteiger partial charge in [0.05, 0.1) is 25.8 Å². The quantitative estimate of drug-likeness (QED) is 0.506. The van der Waals surface area contributed by atoms with Crippen molar-refractivity contribution in [2.24, 2.45) is 0 Å². The molecule has 1 N–H and O–H groups in total. The minimum Gasteiger partial charge on any atom is -0.503 e. The van der Waals surface area contributed by atoms with Gasteiger partial charge in [-0.15, -0.1) is 0 Å². The van der Waals surface area contributed by atoms with Crippen LogP contribution in [0.5, 0.6) is 11.5 Å². The number of carbonyl (C=O) groups excluding carboxylic acids is 2. The second kappa shape index (κ2) is 11.5. The third kappa shape index (κ3) is 5.31. The maximum atomic E-state index is 13.3. The van der Waals surface area contributed by atoms with Crippen molar-refractivity contribution in [2.45, 2.75) is 19.9 Å². The molecule has 2 aromatic rings. The number of nitrogens with zero attached hydrogens (tertiary/aromatic N) is 2. The molecule has 180 valence electrons.